The molecule has 2 atom stereocenters. The van der Waals surface area contributed by atoms with Crippen LogP contribution < -0.4 is 0 Å². The lowest BCUT2D eigenvalue weighted by Crippen LogP contribution is -2.27. The molecule has 0 saturated heterocycles. The van der Waals surface area contributed by atoms with Gasteiger partial charge in [0.25, 0.3) is 0 Å². The first-order valence-corrected chi connectivity index (χ1v) is 5.94. The van der Waals surface area contributed by atoms with Gasteiger partial charge in [0.1, 0.15) is 0 Å². The smallest absolute Gasteiger partial charge is 0.246 e. The molecule has 2 unspecified atom stereocenters. The van der Waals surface area contributed by atoms with Crippen molar-refractivity contribution in [3.05, 3.63) is 0 Å². The highest BCUT2D eigenvalue weighted by atomic mass is 16.7. The number of hydroxylamine groups is 2. The molecule has 0 N–H and O–H groups in total. The van der Waals surface area contributed by atoms with Crippen LogP contribution in [0.15, 0.2) is 0 Å². The van der Waals surface area contributed by atoms with E-state index in [1.807, 2.05) is 0 Å². The fourth-order valence-corrected chi connectivity index (χ4v) is 2.39. The molecule has 0 heterocycles. The van der Waals surface area contributed by atoms with Gasteiger partial charge < -0.3 is 0 Å². The van der Waals surface area contributed by atoms with Crippen molar-refractivity contribution in [3.63, 3.8) is 0 Å². The number of rotatable bonds is 3. The minimum absolute atomic E-state index is 0.108. The number of nitrogens with zero attached hydrogens (tertiary/aromatic N) is 1. The van der Waals surface area contributed by atoms with Crippen LogP contribution in [0.25, 0.3) is 0 Å². The van der Waals surface area contributed by atoms with E-state index in [0.717, 1.165) is 5.92 Å². The Morgan fingerprint density at radius 3 is 2.73 bits per heavy atom. The summed E-state index contributed by atoms with van der Waals surface area (Å²) in [5.74, 6) is 1.45. The number of hydrogen-bond donors (Lipinski definition) is 0. The van der Waals surface area contributed by atoms with Gasteiger partial charge in [-0.2, -0.15) is 0 Å². The summed E-state index contributed by atoms with van der Waals surface area (Å²) in [5.41, 5.74) is 0. The molecule has 0 aromatic rings. The van der Waals surface area contributed by atoms with Crippen LogP contribution in [0.2, 0.25) is 0 Å². The van der Waals surface area contributed by atoms with Crippen LogP contribution in [0, 0.1) is 11.8 Å². The molecule has 1 amide bonds. The van der Waals surface area contributed by atoms with Crippen LogP contribution in [0.3, 0.4) is 0 Å². The standard InChI is InChI=1S/C12H23NO2/c1-10-6-4-5-7-11(8-10)9-12(14)13(2)15-3/h10-11H,4-9H2,1-3H3. The van der Waals surface area contributed by atoms with Gasteiger partial charge in [-0.1, -0.05) is 26.2 Å². The summed E-state index contributed by atoms with van der Waals surface area (Å²) in [6.45, 7) is 2.29. The molecule has 0 aliphatic heterocycles. The van der Waals surface area contributed by atoms with E-state index in [9.17, 15) is 4.79 Å². The molecule has 1 aliphatic rings. The van der Waals surface area contributed by atoms with Crippen LogP contribution in [0.5, 0.6) is 0 Å². The summed E-state index contributed by atoms with van der Waals surface area (Å²) in [4.78, 5) is 16.6. The van der Waals surface area contributed by atoms with E-state index in [-0.39, 0.29) is 5.91 Å². The molecule has 0 spiro atoms. The molecule has 88 valence electrons. The zero-order valence-corrected chi connectivity index (χ0v) is 10.2. The SMILES string of the molecule is CON(C)C(=O)CC1CCCCC(C)C1. The normalized spacial score (nSPS) is 27.1. The predicted octanol–water partition coefficient (Wildman–Crippen LogP) is 2.61. The highest BCUT2D eigenvalue weighted by Crippen LogP contribution is 2.29. The van der Waals surface area contributed by atoms with Crippen molar-refractivity contribution in [2.75, 3.05) is 14.2 Å². The maximum Gasteiger partial charge on any atom is 0.246 e. The molecule has 3 nitrogen and oxygen atoms in total. The predicted molar refractivity (Wildman–Crippen MR) is 60.1 cm³/mol. The average Bonchev–Trinajstić information content (AvgIpc) is 2.41. The van der Waals surface area contributed by atoms with Crippen LogP contribution in [-0.2, 0) is 9.63 Å². The van der Waals surface area contributed by atoms with Gasteiger partial charge in [-0.05, 0) is 24.7 Å². The second kappa shape index (κ2) is 6.11. The second-order valence-corrected chi connectivity index (χ2v) is 4.77. The third kappa shape index (κ3) is 4.20. The largest absolute Gasteiger partial charge is 0.275 e. The zero-order chi connectivity index (χ0) is 11.3. The summed E-state index contributed by atoms with van der Waals surface area (Å²) in [5, 5.41) is 1.34. The minimum Gasteiger partial charge on any atom is -0.275 e. The molecular weight excluding hydrogens is 190 g/mol. The fourth-order valence-electron chi connectivity index (χ4n) is 2.39. The van der Waals surface area contributed by atoms with E-state index in [1.54, 1.807) is 7.05 Å². The van der Waals surface area contributed by atoms with Gasteiger partial charge in [-0.25, -0.2) is 5.06 Å². The van der Waals surface area contributed by atoms with Gasteiger partial charge in [-0.15, -0.1) is 0 Å². The summed E-state index contributed by atoms with van der Waals surface area (Å²) in [6.07, 6.45) is 6.97. The molecule has 0 aromatic carbocycles. The third-order valence-corrected chi connectivity index (χ3v) is 3.38. The quantitative estimate of drug-likeness (QED) is 0.533. The Hall–Kier alpha value is -0.570. The third-order valence-electron chi connectivity index (χ3n) is 3.38. The minimum atomic E-state index is 0.108. The van der Waals surface area contributed by atoms with Crippen molar-refractivity contribution in [3.8, 4) is 0 Å². The number of carbonyl (C=O) groups excluding carboxylic acids is 1. The van der Waals surface area contributed by atoms with Crippen molar-refractivity contribution in [1.82, 2.24) is 5.06 Å². The first-order valence-electron chi connectivity index (χ1n) is 5.94. The van der Waals surface area contributed by atoms with Gasteiger partial charge in [-0.3, -0.25) is 9.63 Å². The van der Waals surface area contributed by atoms with Crippen LogP contribution in [0.1, 0.15) is 45.4 Å². The van der Waals surface area contributed by atoms with Crippen LogP contribution in [0.4, 0.5) is 0 Å². The second-order valence-electron chi connectivity index (χ2n) is 4.77. The number of hydrogen-bond acceptors (Lipinski definition) is 2. The van der Waals surface area contributed by atoms with Crippen molar-refractivity contribution in [2.24, 2.45) is 11.8 Å². The average molecular weight is 213 g/mol. The van der Waals surface area contributed by atoms with Gasteiger partial charge in [0, 0.05) is 13.5 Å². The van der Waals surface area contributed by atoms with Gasteiger partial charge in [0.15, 0.2) is 0 Å². The Kier molecular flexibility index (Phi) is 5.09. The molecule has 0 radical (unpaired) electrons. The molecule has 1 rings (SSSR count). The van der Waals surface area contributed by atoms with E-state index >= 15 is 0 Å². The van der Waals surface area contributed by atoms with E-state index in [2.05, 4.69) is 6.92 Å². The Balaban J connectivity index is 2.38. The van der Waals surface area contributed by atoms with Gasteiger partial charge in [0.2, 0.25) is 5.91 Å². The topological polar surface area (TPSA) is 29.5 Å². The maximum atomic E-state index is 11.7. The molecule has 1 saturated carbocycles. The first-order chi connectivity index (χ1) is 7.13. The van der Waals surface area contributed by atoms with Crippen molar-refractivity contribution in [1.29, 1.82) is 0 Å². The van der Waals surface area contributed by atoms with E-state index in [1.165, 1.54) is 44.3 Å². The van der Waals surface area contributed by atoms with Crippen molar-refractivity contribution in [2.45, 2.75) is 45.4 Å². The highest BCUT2D eigenvalue weighted by Gasteiger charge is 2.21. The van der Waals surface area contributed by atoms with Crippen LogP contribution >= 0.6 is 0 Å². The number of amides is 1. The van der Waals surface area contributed by atoms with Gasteiger partial charge in [0.05, 0.1) is 7.11 Å². The molecule has 0 aromatic heterocycles. The molecule has 1 fully saturated rings. The number of carbonyl (C=O) groups is 1. The molecule has 1 aliphatic carbocycles. The van der Waals surface area contributed by atoms with E-state index in [4.69, 9.17) is 4.84 Å². The summed E-state index contributed by atoms with van der Waals surface area (Å²) in [6, 6.07) is 0. The molecular formula is C12H23NO2. The van der Waals surface area contributed by atoms with Crippen molar-refractivity contribution >= 4 is 5.91 Å². The van der Waals surface area contributed by atoms with E-state index < -0.39 is 0 Å². The Bertz CT molecular complexity index is 206. The van der Waals surface area contributed by atoms with Crippen LogP contribution in [-0.4, -0.2) is 25.1 Å². The molecule has 0 bridgehead atoms. The molecule has 3 heteroatoms. The Labute approximate surface area is 92.7 Å². The highest BCUT2D eigenvalue weighted by molar-refractivity contribution is 5.75. The van der Waals surface area contributed by atoms with Gasteiger partial charge >= 0.3 is 0 Å². The Morgan fingerprint density at radius 2 is 2.07 bits per heavy atom. The monoisotopic (exact) mass is 213 g/mol. The fraction of sp³-hybridized carbons (Fsp3) is 0.917. The summed E-state index contributed by atoms with van der Waals surface area (Å²) in [7, 11) is 3.22. The summed E-state index contributed by atoms with van der Waals surface area (Å²) < 4.78 is 0. The lowest BCUT2D eigenvalue weighted by Gasteiger charge is -2.19. The molecule has 15 heavy (non-hydrogen) atoms. The lowest BCUT2D eigenvalue weighted by molar-refractivity contribution is -0.169. The van der Waals surface area contributed by atoms with E-state index in [0.29, 0.717) is 12.3 Å². The first kappa shape index (κ1) is 12.5. The lowest BCUT2D eigenvalue weighted by atomic mass is 9.91. The maximum absolute atomic E-state index is 11.7. The Morgan fingerprint density at radius 1 is 1.40 bits per heavy atom. The van der Waals surface area contributed by atoms with Crippen molar-refractivity contribution < 1.29 is 9.63 Å². The summed E-state index contributed by atoms with van der Waals surface area (Å²) >= 11 is 0. The zero-order valence-electron chi connectivity index (χ0n) is 10.2.